The van der Waals surface area contributed by atoms with Gasteiger partial charge in [-0.15, -0.1) is 11.8 Å². The molecule has 1 aromatic rings. The van der Waals surface area contributed by atoms with Gasteiger partial charge in [0, 0.05) is 18.7 Å². The number of thioether (sulfide) groups is 1. The van der Waals surface area contributed by atoms with Gasteiger partial charge in [-0.05, 0) is 21.0 Å². The van der Waals surface area contributed by atoms with Crippen molar-refractivity contribution in [3.63, 3.8) is 0 Å². The van der Waals surface area contributed by atoms with Gasteiger partial charge in [-0.1, -0.05) is 6.92 Å². The predicted molar refractivity (Wildman–Crippen MR) is 72.4 cm³/mol. The van der Waals surface area contributed by atoms with Crippen molar-refractivity contribution in [2.24, 2.45) is 0 Å². The van der Waals surface area contributed by atoms with E-state index in [-0.39, 0.29) is 5.56 Å². The number of aryl methyl sites for hydroxylation is 2. The Balaban J connectivity index is 2.98. The van der Waals surface area contributed by atoms with E-state index >= 15 is 0 Å². The second-order valence-electron chi connectivity index (χ2n) is 4.22. The first-order valence-electron chi connectivity index (χ1n) is 5.84. The molecule has 0 unspecified atom stereocenters. The minimum Gasteiger partial charge on any atom is -0.478 e. The van der Waals surface area contributed by atoms with Crippen molar-refractivity contribution in [3.8, 4) is 0 Å². The third-order valence-corrected chi connectivity index (χ3v) is 3.37. The van der Waals surface area contributed by atoms with E-state index < -0.39 is 5.97 Å². The fraction of sp³-hybridized carbons (Fsp3) is 0.583. The summed E-state index contributed by atoms with van der Waals surface area (Å²) in [7, 11) is 3.97. The molecular formula is C12H19N3O2S. The molecule has 18 heavy (non-hydrogen) atoms. The molecule has 0 spiro atoms. The third-order valence-electron chi connectivity index (χ3n) is 2.41. The fourth-order valence-corrected chi connectivity index (χ4v) is 2.64. The zero-order valence-corrected chi connectivity index (χ0v) is 12.0. The van der Waals surface area contributed by atoms with Crippen LogP contribution in [-0.4, -0.2) is 52.3 Å². The Morgan fingerprint density at radius 2 is 2.06 bits per heavy atom. The van der Waals surface area contributed by atoms with Crippen molar-refractivity contribution in [1.29, 1.82) is 0 Å². The Morgan fingerprint density at radius 1 is 1.39 bits per heavy atom. The molecule has 5 nitrogen and oxygen atoms in total. The summed E-state index contributed by atoms with van der Waals surface area (Å²) < 4.78 is 0. The van der Waals surface area contributed by atoms with Crippen molar-refractivity contribution in [3.05, 3.63) is 17.1 Å². The van der Waals surface area contributed by atoms with E-state index in [2.05, 4.69) is 14.9 Å². The highest BCUT2D eigenvalue weighted by molar-refractivity contribution is 7.99. The molecule has 1 heterocycles. The highest BCUT2D eigenvalue weighted by Gasteiger charge is 2.17. The zero-order chi connectivity index (χ0) is 13.7. The van der Waals surface area contributed by atoms with E-state index in [0.29, 0.717) is 23.0 Å². The van der Waals surface area contributed by atoms with Gasteiger partial charge in [0.2, 0.25) is 0 Å². The van der Waals surface area contributed by atoms with Gasteiger partial charge in [-0.3, -0.25) is 0 Å². The Bertz CT molecular complexity index is 436. The number of aromatic nitrogens is 2. The molecule has 0 aliphatic carbocycles. The normalized spacial score (nSPS) is 10.9. The molecular weight excluding hydrogens is 250 g/mol. The van der Waals surface area contributed by atoms with E-state index in [1.807, 2.05) is 21.0 Å². The van der Waals surface area contributed by atoms with Crippen molar-refractivity contribution < 1.29 is 9.90 Å². The Kier molecular flexibility index (Phi) is 5.55. The first kappa shape index (κ1) is 14.9. The number of aromatic carboxylic acids is 1. The van der Waals surface area contributed by atoms with Crippen LogP contribution < -0.4 is 0 Å². The van der Waals surface area contributed by atoms with Gasteiger partial charge in [-0.2, -0.15) is 0 Å². The van der Waals surface area contributed by atoms with Crippen molar-refractivity contribution in [1.82, 2.24) is 14.9 Å². The minimum atomic E-state index is -0.956. The average Bonchev–Trinajstić information content (AvgIpc) is 2.27. The number of hydrogen-bond acceptors (Lipinski definition) is 5. The Morgan fingerprint density at radius 3 is 2.56 bits per heavy atom. The average molecular weight is 269 g/mol. The molecule has 0 atom stereocenters. The molecule has 1 N–H and O–H groups in total. The summed E-state index contributed by atoms with van der Waals surface area (Å²) in [5, 5.41) is 9.79. The summed E-state index contributed by atoms with van der Waals surface area (Å²) in [6, 6.07) is 0. The lowest BCUT2D eigenvalue weighted by Crippen LogP contribution is -2.16. The summed E-state index contributed by atoms with van der Waals surface area (Å²) in [6.07, 6.45) is 0.710. The molecule has 0 amide bonds. The highest BCUT2D eigenvalue weighted by Crippen LogP contribution is 2.23. The van der Waals surface area contributed by atoms with E-state index in [0.717, 1.165) is 12.3 Å². The number of carbonyl (C=O) groups is 1. The minimum absolute atomic E-state index is 0.232. The molecule has 0 aromatic carbocycles. The first-order valence-corrected chi connectivity index (χ1v) is 6.82. The van der Waals surface area contributed by atoms with Crippen LogP contribution in [0.1, 0.15) is 28.8 Å². The lowest BCUT2D eigenvalue weighted by Gasteiger charge is -2.11. The highest BCUT2D eigenvalue weighted by atomic mass is 32.2. The van der Waals surface area contributed by atoms with Crippen LogP contribution in [0.4, 0.5) is 0 Å². The molecule has 0 aliphatic heterocycles. The molecule has 0 radical (unpaired) electrons. The molecule has 0 saturated heterocycles. The standard InChI is InChI=1S/C12H19N3O2S/c1-5-9-13-8(2)10(12(16)17)11(14-9)18-7-6-15(3)4/h5-7H2,1-4H3,(H,16,17). The summed E-state index contributed by atoms with van der Waals surface area (Å²) in [5.41, 5.74) is 0.776. The molecule has 1 rings (SSSR count). The fourth-order valence-electron chi connectivity index (χ4n) is 1.44. The van der Waals surface area contributed by atoms with Crippen LogP contribution in [0.2, 0.25) is 0 Å². The molecule has 0 saturated carbocycles. The Labute approximate surface area is 112 Å². The molecule has 0 fully saturated rings. The molecule has 100 valence electrons. The van der Waals surface area contributed by atoms with E-state index in [1.54, 1.807) is 6.92 Å². The maximum absolute atomic E-state index is 11.2. The van der Waals surface area contributed by atoms with Gasteiger partial charge in [-0.25, -0.2) is 14.8 Å². The van der Waals surface area contributed by atoms with Gasteiger partial charge in [0.15, 0.2) is 0 Å². The number of nitrogens with zero attached hydrogens (tertiary/aromatic N) is 3. The maximum atomic E-state index is 11.2. The molecule has 0 bridgehead atoms. The van der Waals surface area contributed by atoms with Crippen molar-refractivity contribution >= 4 is 17.7 Å². The van der Waals surface area contributed by atoms with Gasteiger partial charge in [0.25, 0.3) is 0 Å². The van der Waals surface area contributed by atoms with Gasteiger partial charge in [0.05, 0.1) is 5.69 Å². The van der Waals surface area contributed by atoms with Gasteiger partial charge >= 0.3 is 5.97 Å². The van der Waals surface area contributed by atoms with Crippen LogP contribution in [0.25, 0.3) is 0 Å². The summed E-state index contributed by atoms with van der Waals surface area (Å²) in [4.78, 5) is 21.8. The zero-order valence-electron chi connectivity index (χ0n) is 11.2. The van der Waals surface area contributed by atoms with Crippen LogP contribution in [0.15, 0.2) is 5.03 Å². The van der Waals surface area contributed by atoms with Crippen LogP contribution in [0.5, 0.6) is 0 Å². The smallest absolute Gasteiger partial charge is 0.340 e. The summed E-state index contributed by atoms with van der Waals surface area (Å²) >= 11 is 1.47. The first-order chi connectivity index (χ1) is 8.45. The van der Waals surface area contributed by atoms with Crippen molar-refractivity contribution in [2.45, 2.75) is 25.3 Å². The van der Waals surface area contributed by atoms with Crippen LogP contribution in [0.3, 0.4) is 0 Å². The number of hydrogen-bond donors (Lipinski definition) is 1. The van der Waals surface area contributed by atoms with E-state index in [1.165, 1.54) is 11.8 Å². The second kappa shape index (κ2) is 6.70. The topological polar surface area (TPSA) is 66.3 Å². The third kappa shape index (κ3) is 3.96. The Hall–Kier alpha value is -1.14. The van der Waals surface area contributed by atoms with Crippen LogP contribution in [-0.2, 0) is 6.42 Å². The number of carboxylic acids is 1. The number of rotatable bonds is 6. The number of carboxylic acid groups (broad SMARTS) is 1. The summed E-state index contributed by atoms with van der Waals surface area (Å²) in [6.45, 7) is 4.57. The predicted octanol–water partition coefficient (Wildman–Crippen LogP) is 1.70. The molecule has 6 heteroatoms. The van der Waals surface area contributed by atoms with E-state index in [4.69, 9.17) is 0 Å². The van der Waals surface area contributed by atoms with E-state index in [9.17, 15) is 9.90 Å². The summed E-state index contributed by atoms with van der Waals surface area (Å²) in [5.74, 6) is 0.555. The SMILES string of the molecule is CCc1nc(C)c(C(=O)O)c(SCCN(C)C)n1. The van der Waals surface area contributed by atoms with Gasteiger partial charge in [0.1, 0.15) is 16.4 Å². The van der Waals surface area contributed by atoms with Gasteiger partial charge < -0.3 is 10.0 Å². The van der Waals surface area contributed by atoms with Crippen molar-refractivity contribution in [2.75, 3.05) is 26.4 Å². The monoisotopic (exact) mass is 269 g/mol. The van der Waals surface area contributed by atoms with Crippen LogP contribution >= 0.6 is 11.8 Å². The second-order valence-corrected chi connectivity index (χ2v) is 5.30. The largest absolute Gasteiger partial charge is 0.478 e. The van der Waals surface area contributed by atoms with Crippen LogP contribution in [0, 0.1) is 6.92 Å². The lowest BCUT2D eigenvalue weighted by atomic mass is 10.2. The quantitative estimate of drug-likeness (QED) is 0.626. The lowest BCUT2D eigenvalue weighted by molar-refractivity contribution is 0.0690. The molecule has 0 aliphatic rings. The molecule has 1 aromatic heterocycles. The maximum Gasteiger partial charge on any atom is 0.340 e.